The predicted molar refractivity (Wildman–Crippen MR) is 103 cm³/mol. The van der Waals surface area contributed by atoms with E-state index >= 15 is 0 Å². The fourth-order valence-corrected chi connectivity index (χ4v) is 3.80. The Morgan fingerprint density at radius 3 is 2.13 bits per heavy atom. The molecule has 0 nitrogen and oxygen atoms in total. The van der Waals surface area contributed by atoms with Crippen molar-refractivity contribution in [2.24, 2.45) is 11.8 Å². The van der Waals surface area contributed by atoms with E-state index in [4.69, 9.17) is 0 Å². The number of allylic oxidation sites excluding steroid dienone is 2. The van der Waals surface area contributed by atoms with Gasteiger partial charge in [0.05, 0.1) is 0 Å². The van der Waals surface area contributed by atoms with Crippen LogP contribution in [0.4, 0.5) is 0 Å². The Kier molecular flexibility index (Phi) is 8.50. The minimum Gasteiger partial charge on any atom is -0.0879 e. The van der Waals surface area contributed by atoms with Crippen LogP contribution >= 0.6 is 0 Å². The second-order valence-corrected chi connectivity index (χ2v) is 7.48. The van der Waals surface area contributed by atoms with Crippen LogP contribution in [-0.4, -0.2) is 0 Å². The van der Waals surface area contributed by atoms with Crippen molar-refractivity contribution in [2.75, 3.05) is 0 Å². The van der Waals surface area contributed by atoms with Crippen LogP contribution in [0.15, 0.2) is 36.4 Å². The Morgan fingerprint density at radius 2 is 1.48 bits per heavy atom. The summed E-state index contributed by atoms with van der Waals surface area (Å²) in [6, 6.07) is 9.28. The van der Waals surface area contributed by atoms with Crippen LogP contribution in [0.3, 0.4) is 0 Å². The Balaban J connectivity index is 1.65. The molecule has 1 aliphatic rings. The summed E-state index contributed by atoms with van der Waals surface area (Å²) >= 11 is 0. The average Bonchev–Trinajstić information content (AvgIpc) is 2.61. The molecule has 0 unspecified atom stereocenters. The summed E-state index contributed by atoms with van der Waals surface area (Å²) < 4.78 is 0. The first-order valence-electron chi connectivity index (χ1n) is 10.0. The summed E-state index contributed by atoms with van der Waals surface area (Å²) in [5.74, 6) is 1.97. The first-order valence-corrected chi connectivity index (χ1v) is 10.0. The molecule has 1 aliphatic carbocycles. The Hall–Kier alpha value is -1.04. The molecule has 1 aromatic rings. The predicted octanol–water partition coefficient (Wildman–Crippen LogP) is 7.12. The van der Waals surface area contributed by atoms with Crippen molar-refractivity contribution in [2.45, 2.75) is 84.5 Å². The van der Waals surface area contributed by atoms with Gasteiger partial charge in [0.1, 0.15) is 0 Å². The van der Waals surface area contributed by atoms with Gasteiger partial charge in [-0.05, 0) is 61.5 Å². The van der Waals surface area contributed by atoms with E-state index in [1.54, 1.807) is 0 Å². The van der Waals surface area contributed by atoms with Crippen LogP contribution in [0.25, 0.3) is 0 Å². The molecule has 2 rings (SSSR count). The zero-order valence-electron chi connectivity index (χ0n) is 15.4. The molecule has 0 aromatic heterocycles. The van der Waals surface area contributed by atoms with Crippen molar-refractivity contribution in [3.05, 3.63) is 47.5 Å². The second kappa shape index (κ2) is 10.7. The molecule has 0 N–H and O–H groups in total. The summed E-state index contributed by atoms with van der Waals surface area (Å²) in [5, 5.41) is 0. The van der Waals surface area contributed by atoms with Crippen molar-refractivity contribution in [1.82, 2.24) is 0 Å². The van der Waals surface area contributed by atoms with Gasteiger partial charge in [0.25, 0.3) is 0 Å². The van der Waals surface area contributed by atoms with E-state index in [2.05, 4.69) is 50.3 Å². The molecular formula is C23H36. The molecule has 0 bridgehead atoms. The van der Waals surface area contributed by atoms with Gasteiger partial charge in [0.15, 0.2) is 0 Å². The molecular weight excluding hydrogens is 276 g/mol. The largest absolute Gasteiger partial charge is 0.0879 e. The van der Waals surface area contributed by atoms with E-state index in [0.29, 0.717) is 0 Å². The van der Waals surface area contributed by atoms with Crippen LogP contribution < -0.4 is 0 Å². The van der Waals surface area contributed by atoms with Gasteiger partial charge < -0.3 is 0 Å². The molecule has 0 atom stereocenters. The fourth-order valence-electron chi connectivity index (χ4n) is 3.80. The minimum absolute atomic E-state index is 0.954. The lowest BCUT2D eigenvalue weighted by molar-refractivity contribution is 0.271. The van der Waals surface area contributed by atoms with E-state index in [1.807, 2.05) is 0 Å². The quantitative estimate of drug-likeness (QED) is 0.336. The van der Waals surface area contributed by atoms with Crippen molar-refractivity contribution in [3.63, 3.8) is 0 Å². The van der Waals surface area contributed by atoms with E-state index in [0.717, 1.165) is 18.3 Å². The molecule has 0 spiro atoms. The molecule has 0 aliphatic heterocycles. The molecule has 0 saturated heterocycles. The van der Waals surface area contributed by atoms with Gasteiger partial charge in [-0.25, -0.2) is 0 Å². The molecule has 1 aromatic carbocycles. The van der Waals surface area contributed by atoms with Crippen LogP contribution in [0.2, 0.25) is 0 Å². The minimum atomic E-state index is 0.954. The summed E-state index contributed by atoms with van der Waals surface area (Å²) in [6.45, 7) is 4.62. The summed E-state index contributed by atoms with van der Waals surface area (Å²) in [5.41, 5.74) is 2.95. The van der Waals surface area contributed by atoms with Gasteiger partial charge in [-0.15, -0.1) is 0 Å². The molecule has 128 valence electrons. The van der Waals surface area contributed by atoms with E-state index < -0.39 is 0 Å². The molecule has 0 amide bonds. The lowest BCUT2D eigenvalue weighted by Gasteiger charge is -2.26. The van der Waals surface area contributed by atoms with Crippen LogP contribution in [0, 0.1) is 11.8 Å². The lowest BCUT2D eigenvalue weighted by Crippen LogP contribution is -2.13. The number of rotatable bonds is 9. The molecule has 0 heterocycles. The van der Waals surface area contributed by atoms with Crippen LogP contribution in [-0.2, 0) is 12.8 Å². The van der Waals surface area contributed by atoms with Gasteiger partial charge in [-0.3, -0.25) is 0 Å². The van der Waals surface area contributed by atoms with Crippen LogP contribution in [0.1, 0.15) is 82.8 Å². The number of benzene rings is 1. The van der Waals surface area contributed by atoms with Gasteiger partial charge in [0, 0.05) is 0 Å². The molecule has 0 radical (unpaired) electrons. The van der Waals surface area contributed by atoms with Gasteiger partial charge >= 0.3 is 0 Å². The monoisotopic (exact) mass is 312 g/mol. The summed E-state index contributed by atoms with van der Waals surface area (Å²) in [6.07, 6.45) is 19.7. The highest BCUT2D eigenvalue weighted by atomic mass is 14.2. The van der Waals surface area contributed by atoms with Gasteiger partial charge in [0.2, 0.25) is 0 Å². The van der Waals surface area contributed by atoms with Gasteiger partial charge in [-0.2, -0.15) is 0 Å². The van der Waals surface area contributed by atoms with E-state index in [1.165, 1.54) is 75.3 Å². The van der Waals surface area contributed by atoms with Crippen LogP contribution in [0.5, 0.6) is 0 Å². The number of hydrogen-bond donors (Lipinski definition) is 0. The third kappa shape index (κ3) is 6.94. The Labute approximate surface area is 144 Å². The number of aryl methyl sites for hydroxylation is 1. The highest BCUT2D eigenvalue weighted by Crippen LogP contribution is 2.32. The zero-order valence-corrected chi connectivity index (χ0v) is 15.4. The summed E-state index contributed by atoms with van der Waals surface area (Å²) in [7, 11) is 0. The third-order valence-electron chi connectivity index (χ3n) is 5.63. The van der Waals surface area contributed by atoms with Crippen molar-refractivity contribution in [1.29, 1.82) is 0 Å². The van der Waals surface area contributed by atoms with Gasteiger partial charge in [-0.1, -0.05) is 82.4 Å². The van der Waals surface area contributed by atoms with Crippen molar-refractivity contribution >= 4 is 0 Å². The summed E-state index contributed by atoms with van der Waals surface area (Å²) in [4.78, 5) is 0. The highest BCUT2D eigenvalue weighted by molar-refractivity contribution is 5.24. The molecule has 23 heavy (non-hydrogen) atoms. The second-order valence-electron chi connectivity index (χ2n) is 7.48. The molecule has 0 heteroatoms. The zero-order chi connectivity index (χ0) is 16.3. The Bertz CT molecular complexity index is 432. The highest BCUT2D eigenvalue weighted by Gasteiger charge is 2.18. The lowest BCUT2D eigenvalue weighted by atomic mass is 9.79. The molecule has 1 fully saturated rings. The van der Waals surface area contributed by atoms with E-state index in [9.17, 15) is 0 Å². The smallest absolute Gasteiger partial charge is 0.00975 e. The maximum Gasteiger partial charge on any atom is -0.00975 e. The average molecular weight is 313 g/mol. The fraction of sp³-hybridized carbons (Fsp3) is 0.652. The number of hydrogen-bond acceptors (Lipinski definition) is 0. The standard InChI is InChI=1S/C23H36/c1-3-5-6-9-21-16-18-23(19-17-21)11-8-7-10-22-14-12-20(4-2)13-15-22/h7-8,16-20,22H,3-6,9-15H2,1-2H3/b8-7-. The normalized spacial score (nSPS) is 21.8. The van der Waals surface area contributed by atoms with Crippen molar-refractivity contribution < 1.29 is 0 Å². The first-order chi connectivity index (χ1) is 11.3. The maximum absolute atomic E-state index is 2.44. The molecule has 1 saturated carbocycles. The number of unbranched alkanes of at least 4 members (excludes halogenated alkanes) is 2. The Morgan fingerprint density at radius 1 is 0.826 bits per heavy atom. The topological polar surface area (TPSA) is 0 Å². The third-order valence-corrected chi connectivity index (χ3v) is 5.63. The SMILES string of the molecule is CCCCCc1ccc(C/C=C\CC2CCC(CC)CC2)cc1. The van der Waals surface area contributed by atoms with E-state index in [-0.39, 0.29) is 0 Å². The maximum atomic E-state index is 2.44. The van der Waals surface area contributed by atoms with Crippen molar-refractivity contribution in [3.8, 4) is 0 Å². The first kappa shape index (κ1) is 18.3.